The number of hydrogen-bond acceptors (Lipinski definition) is 4. The maximum atomic E-state index is 5.52. The second-order valence-corrected chi connectivity index (χ2v) is 4.81. The smallest absolute Gasteiger partial charge is 0.171 e. The number of ether oxygens (including phenoxy) is 1. The van der Waals surface area contributed by atoms with Gasteiger partial charge in [0.15, 0.2) is 5.76 Å². The first-order valence-corrected chi connectivity index (χ1v) is 6.69. The molecule has 0 saturated heterocycles. The van der Waals surface area contributed by atoms with Gasteiger partial charge in [-0.15, -0.1) is 0 Å². The van der Waals surface area contributed by atoms with Gasteiger partial charge in [-0.3, -0.25) is 0 Å². The van der Waals surface area contributed by atoms with E-state index in [2.05, 4.69) is 23.5 Å². The van der Waals surface area contributed by atoms with Crippen LogP contribution >= 0.6 is 0 Å². The van der Waals surface area contributed by atoms with Crippen LogP contribution in [0, 0.1) is 0 Å². The molecule has 0 radical (unpaired) electrons. The number of rotatable bonds is 5. The minimum Gasteiger partial charge on any atom is -0.497 e. The fourth-order valence-electron chi connectivity index (χ4n) is 2.50. The van der Waals surface area contributed by atoms with Crippen molar-refractivity contribution in [2.75, 3.05) is 13.7 Å². The van der Waals surface area contributed by atoms with E-state index in [0.717, 1.165) is 48.7 Å². The average molecular weight is 258 g/mol. The van der Waals surface area contributed by atoms with Gasteiger partial charge in [0.05, 0.1) is 7.11 Å². The summed E-state index contributed by atoms with van der Waals surface area (Å²) in [5.74, 6) is 1.76. The molecule has 0 bridgehead atoms. The molecule has 3 rings (SSSR count). The third-order valence-electron chi connectivity index (χ3n) is 3.52. The van der Waals surface area contributed by atoms with Gasteiger partial charge >= 0.3 is 0 Å². The largest absolute Gasteiger partial charge is 0.497 e. The van der Waals surface area contributed by atoms with Crippen LogP contribution in [0.25, 0.3) is 11.3 Å². The average Bonchev–Trinajstić information content (AvgIpc) is 2.98. The predicted molar refractivity (Wildman–Crippen MR) is 73.3 cm³/mol. The van der Waals surface area contributed by atoms with Crippen molar-refractivity contribution in [3.8, 4) is 17.1 Å². The monoisotopic (exact) mass is 258 g/mol. The van der Waals surface area contributed by atoms with Gasteiger partial charge in [-0.1, -0.05) is 18.1 Å². The number of benzene rings is 1. The molecule has 0 saturated carbocycles. The van der Waals surface area contributed by atoms with Crippen LogP contribution in [0.3, 0.4) is 0 Å². The zero-order valence-corrected chi connectivity index (χ0v) is 11.3. The Balaban J connectivity index is 1.88. The molecule has 0 unspecified atom stereocenters. The summed E-state index contributed by atoms with van der Waals surface area (Å²) in [7, 11) is 1.68. The first-order valence-electron chi connectivity index (χ1n) is 6.69. The summed E-state index contributed by atoms with van der Waals surface area (Å²) in [6.45, 7) is 3.93. The Hall–Kier alpha value is -1.81. The minimum atomic E-state index is 0.776. The molecule has 0 amide bonds. The van der Waals surface area contributed by atoms with Crippen LogP contribution in [0.5, 0.6) is 5.75 Å². The lowest BCUT2D eigenvalue weighted by molar-refractivity contribution is 0.411. The van der Waals surface area contributed by atoms with Gasteiger partial charge in [-0.25, -0.2) is 0 Å². The number of nitrogens with one attached hydrogen (secondary N) is 1. The zero-order valence-electron chi connectivity index (χ0n) is 11.3. The quantitative estimate of drug-likeness (QED) is 0.715. The SMILES string of the molecule is CCCNCc1noc2c1Cc1ccc(OC)cc1-2. The third-order valence-corrected chi connectivity index (χ3v) is 3.52. The standard InChI is InChI=1S/C15H18N2O2/c1-3-6-16-9-14-13-7-10-4-5-11(18-2)8-12(10)15(13)19-17-14/h4-5,8,16H,3,6-7,9H2,1-2H3. The molecule has 1 aliphatic rings. The molecule has 0 spiro atoms. The highest BCUT2D eigenvalue weighted by atomic mass is 16.5. The van der Waals surface area contributed by atoms with Crippen LogP contribution in [-0.4, -0.2) is 18.8 Å². The Kier molecular flexibility index (Phi) is 3.25. The van der Waals surface area contributed by atoms with Crippen LogP contribution in [0.15, 0.2) is 22.7 Å². The molecule has 1 heterocycles. The molecule has 0 aliphatic heterocycles. The number of fused-ring (bicyclic) bond motifs is 3. The first-order chi connectivity index (χ1) is 9.33. The fraction of sp³-hybridized carbons (Fsp3) is 0.400. The van der Waals surface area contributed by atoms with Crippen LogP contribution in [0.1, 0.15) is 30.2 Å². The van der Waals surface area contributed by atoms with Gasteiger partial charge in [-0.2, -0.15) is 0 Å². The van der Waals surface area contributed by atoms with Gasteiger partial charge in [0.1, 0.15) is 11.4 Å². The van der Waals surface area contributed by atoms with E-state index in [-0.39, 0.29) is 0 Å². The number of aromatic nitrogens is 1. The first kappa shape index (κ1) is 12.2. The topological polar surface area (TPSA) is 47.3 Å². The van der Waals surface area contributed by atoms with Crippen LogP contribution in [-0.2, 0) is 13.0 Å². The van der Waals surface area contributed by atoms with E-state index >= 15 is 0 Å². The summed E-state index contributed by atoms with van der Waals surface area (Å²) in [5, 5.41) is 7.55. The molecule has 1 aromatic carbocycles. The fourth-order valence-corrected chi connectivity index (χ4v) is 2.50. The highest BCUT2D eigenvalue weighted by molar-refractivity contribution is 5.74. The molecule has 19 heavy (non-hydrogen) atoms. The van der Waals surface area contributed by atoms with E-state index in [4.69, 9.17) is 9.26 Å². The van der Waals surface area contributed by atoms with Crippen molar-refractivity contribution >= 4 is 0 Å². The minimum absolute atomic E-state index is 0.776. The van der Waals surface area contributed by atoms with Crippen LogP contribution in [0.2, 0.25) is 0 Å². The van der Waals surface area contributed by atoms with E-state index in [0.29, 0.717) is 0 Å². The Bertz CT molecular complexity index is 590. The van der Waals surface area contributed by atoms with Crippen molar-refractivity contribution in [3.63, 3.8) is 0 Å². The molecule has 4 nitrogen and oxygen atoms in total. The Morgan fingerprint density at radius 1 is 1.42 bits per heavy atom. The maximum absolute atomic E-state index is 5.52. The lowest BCUT2D eigenvalue weighted by Gasteiger charge is -2.03. The van der Waals surface area contributed by atoms with Gasteiger partial charge in [0.25, 0.3) is 0 Å². The van der Waals surface area contributed by atoms with E-state index in [1.54, 1.807) is 7.11 Å². The lowest BCUT2D eigenvalue weighted by atomic mass is 10.1. The number of hydrogen-bond donors (Lipinski definition) is 1. The lowest BCUT2D eigenvalue weighted by Crippen LogP contribution is -2.14. The van der Waals surface area contributed by atoms with Crippen molar-refractivity contribution in [1.82, 2.24) is 10.5 Å². The van der Waals surface area contributed by atoms with E-state index in [1.807, 2.05) is 12.1 Å². The molecular formula is C15H18N2O2. The highest BCUT2D eigenvalue weighted by Gasteiger charge is 2.26. The summed E-state index contributed by atoms with van der Waals surface area (Å²) < 4.78 is 10.8. The number of nitrogens with zero attached hydrogens (tertiary/aromatic N) is 1. The van der Waals surface area contributed by atoms with Gasteiger partial charge in [-0.05, 0) is 30.7 Å². The van der Waals surface area contributed by atoms with E-state index in [9.17, 15) is 0 Å². The van der Waals surface area contributed by atoms with Crippen molar-refractivity contribution < 1.29 is 9.26 Å². The summed E-state index contributed by atoms with van der Waals surface area (Å²) >= 11 is 0. The van der Waals surface area contributed by atoms with Gasteiger partial charge in [0.2, 0.25) is 0 Å². The maximum Gasteiger partial charge on any atom is 0.171 e. The molecule has 4 heteroatoms. The van der Waals surface area contributed by atoms with Crippen molar-refractivity contribution in [2.24, 2.45) is 0 Å². The van der Waals surface area contributed by atoms with Gasteiger partial charge in [0, 0.05) is 24.1 Å². The Morgan fingerprint density at radius 2 is 2.32 bits per heavy atom. The molecule has 1 N–H and O–H groups in total. The van der Waals surface area contributed by atoms with E-state index in [1.165, 1.54) is 11.1 Å². The summed E-state index contributed by atoms with van der Waals surface area (Å²) in [5.41, 5.74) is 4.64. The molecule has 1 aliphatic carbocycles. The molecular weight excluding hydrogens is 240 g/mol. The molecule has 2 aromatic rings. The van der Waals surface area contributed by atoms with Crippen molar-refractivity contribution in [1.29, 1.82) is 0 Å². The molecule has 0 atom stereocenters. The Labute approximate surface area is 112 Å². The Morgan fingerprint density at radius 3 is 3.11 bits per heavy atom. The molecule has 100 valence electrons. The number of methoxy groups -OCH3 is 1. The summed E-state index contributed by atoms with van der Waals surface area (Å²) in [4.78, 5) is 0. The highest BCUT2D eigenvalue weighted by Crippen LogP contribution is 2.40. The predicted octanol–water partition coefficient (Wildman–Crippen LogP) is 2.75. The van der Waals surface area contributed by atoms with Crippen molar-refractivity contribution in [2.45, 2.75) is 26.3 Å². The zero-order chi connectivity index (χ0) is 13.2. The summed E-state index contributed by atoms with van der Waals surface area (Å²) in [6, 6.07) is 6.12. The van der Waals surface area contributed by atoms with Crippen molar-refractivity contribution in [3.05, 3.63) is 35.0 Å². The second kappa shape index (κ2) is 5.05. The molecule has 0 fully saturated rings. The summed E-state index contributed by atoms with van der Waals surface area (Å²) in [6.07, 6.45) is 2.03. The normalized spacial score (nSPS) is 12.3. The van der Waals surface area contributed by atoms with Crippen LogP contribution in [0.4, 0.5) is 0 Å². The van der Waals surface area contributed by atoms with Gasteiger partial charge < -0.3 is 14.6 Å². The van der Waals surface area contributed by atoms with E-state index < -0.39 is 0 Å². The third kappa shape index (κ3) is 2.12. The molecule has 1 aromatic heterocycles. The second-order valence-electron chi connectivity index (χ2n) is 4.81. The van der Waals surface area contributed by atoms with Crippen LogP contribution < -0.4 is 10.1 Å².